The van der Waals surface area contributed by atoms with E-state index < -0.39 is 0 Å². The number of benzene rings is 1. The van der Waals surface area contributed by atoms with Crippen molar-refractivity contribution in [3.05, 3.63) is 27.7 Å². The van der Waals surface area contributed by atoms with Crippen molar-refractivity contribution in [1.29, 1.82) is 0 Å². The molecule has 12 heavy (non-hydrogen) atoms. The molecule has 3 heteroatoms. The molecule has 0 amide bonds. The van der Waals surface area contributed by atoms with Gasteiger partial charge in [0, 0.05) is 16.6 Å². The highest BCUT2D eigenvalue weighted by Gasteiger charge is 2.04. The smallest absolute Gasteiger partial charge is 0.123 e. The third-order valence-electron chi connectivity index (χ3n) is 1.71. The molecule has 66 valence electrons. The normalized spacial score (nSPS) is 10.2. The molecule has 1 aromatic rings. The number of aryl methyl sites for hydroxylation is 1. The number of hydrogen-bond donors (Lipinski definition) is 2. The molecular weight excluding hydrogens is 218 g/mol. The molecule has 0 aliphatic heterocycles. The quantitative estimate of drug-likeness (QED) is 0.816. The summed E-state index contributed by atoms with van der Waals surface area (Å²) in [6.07, 6.45) is 0. The van der Waals surface area contributed by atoms with E-state index in [1.165, 1.54) is 0 Å². The summed E-state index contributed by atoms with van der Waals surface area (Å²) in [4.78, 5) is 0. The van der Waals surface area contributed by atoms with E-state index in [9.17, 15) is 5.11 Å². The highest BCUT2D eigenvalue weighted by atomic mass is 79.9. The Morgan fingerprint density at radius 3 is 2.75 bits per heavy atom. The van der Waals surface area contributed by atoms with Crippen LogP contribution in [0.25, 0.3) is 0 Å². The standard InChI is InChI=1S/C9H12BrNO/c1-6-3-8(10)4-7(5-11-2)9(6)12/h3-4,11-12H,5H2,1-2H3. The van der Waals surface area contributed by atoms with Gasteiger partial charge in [-0.15, -0.1) is 0 Å². The van der Waals surface area contributed by atoms with Crippen LogP contribution in [0.4, 0.5) is 0 Å². The summed E-state index contributed by atoms with van der Waals surface area (Å²) in [6.45, 7) is 2.57. The van der Waals surface area contributed by atoms with Crippen LogP contribution in [-0.2, 0) is 6.54 Å². The van der Waals surface area contributed by atoms with Crippen molar-refractivity contribution < 1.29 is 5.11 Å². The number of rotatable bonds is 2. The summed E-state index contributed by atoms with van der Waals surface area (Å²) >= 11 is 3.38. The molecule has 2 nitrogen and oxygen atoms in total. The van der Waals surface area contributed by atoms with E-state index in [0.29, 0.717) is 12.3 Å². The highest BCUT2D eigenvalue weighted by molar-refractivity contribution is 9.10. The molecule has 0 saturated heterocycles. The van der Waals surface area contributed by atoms with Crippen molar-refractivity contribution in [2.24, 2.45) is 0 Å². The Morgan fingerprint density at radius 2 is 2.17 bits per heavy atom. The van der Waals surface area contributed by atoms with Crippen molar-refractivity contribution in [2.45, 2.75) is 13.5 Å². The van der Waals surface area contributed by atoms with Crippen LogP contribution in [0.3, 0.4) is 0 Å². The van der Waals surface area contributed by atoms with E-state index >= 15 is 0 Å². The second-order valence-corrected chi connectivity index (χ2v) is 3.68. The first kappa shape index (κ1) is 9.55. The molecule has 1 aromatic carbocycles. The molecule has 0 unspecified atom stereocenters. The molecular formula is C9H12BrNO. The van der Waals surface area contributed by atoms with Crippen molar-refractivity contribution in [2.75, 3.05) is 7.05 Å². The summed E-state index contributed by atoms with van der Waals surface area (Å²) in [7, 11) is 1.86. The maximum absolute atomic E-state index is 9.59. The molecule has 0 heterocycles. The molecule has 0 radical (unpaired) electrons. The van der Waals surface area contributed by atoms with Gasteiger partial charge in [-0.05, 0) is 31.7 Å². The van der Waals surface area contributed by atoms with Gasteiger partial charge in [0.25, 0.3) is 0 Å². The Labute approximate surface area is 80.7 Å². The number of hydrogen-bond acceptors (Lipinski definition) is 2. The van der Waals surface area contributed by atoms with Crippen LogP contribution in [0.2, 0.25) is 0 Å². The van der Waals surface area contributed by atoms with Gasteiger partial charge in [-0.3, -0.25) is 0 Å². The maximum Gasteiger partial charge on any atom is 0.123 e. The summed E-state index contributed by atoms with van der Waals surface area (Å²) in [6, 6.07) is 3.81. The van der Waals surface area contributed by atoms with E-state index in [-0.39, 0.29) is 0 Å². The van der Waals surface area contributed by atoms with Gasteiger partial charge in [0.2, 0.25) is 0 Å². The second kappa shape index (κ2) is 3.92. The maximum atomic E-state index is 9.59. The Balaban J connectivity index is 3.09. The van der Waals surface area contributed by atoms with Gasteiger partial charge >= 0.3 is 0 Å². The van der Waals surface area contributed by atoms with Gasteiger partial charge in [-0.1, -0.05) is 15.9 Å². The molecule has 0 fully saturated rings. The first-order chi connectivity index (χ1) is 5.65. The molecule has 1 rings (SSSR count). The molecule has 0 bridgehead atoms. The topological polar surface area (TPSA) is 32.3 Å². The fourth-order valence-electron chi connectivity index (χ4n) is 1.13. The Morgan fingerprint density at radius 1 is 1.50 bits per heavy atom. The minimum absolute atomic E-state index is 0.382. The van der Waals surface area contributed by atoms with Crippen LogP contribution in [0, 0.1) is 6.92 Å². The largest absolute Gasteiger partial charge is 0.507 e. The third-order valence-corrected chi connectivity index (χ3v) is 2.17. The fourth-order valence-corrected chi connectivity index (χ4v) is 1.75. The minimum Gasteiger partial charge on any atom is -0.507 e. The van der Waals surface area contributed by atoms with Gasteiger partial charge < -0.3 is 10.4 Å². The summed E-state index contributed by atoms with van der Waals surface area (Å²) in [5, 5.41) is 12.6. The first-order valence-corrected chi connectivity index (χ1v) is 4.57. The second-order valence-electron chi connectivity index (χ2n) is 2.76. The van der Waals surface area contributed by atoms with Crippen molar-refractivity contribution >= 4 is 15.9 Å². The average Bonchev–Trinajstić information content (AvgIpc) is 2.00. The Bertz CT molecular complexity index is 286. The van der Waals surface area contributed by atoms with E-state index in [0.717, 1.165) is 15.6 Å². The van der Waals surface area contributed by atoms with Crippen LogP contribution < -0.4 is 5.32 Å². The molecule has 0 saturated carbocycles. The number of halogens is 1. The summed E-state index contributed by atoms with van der Waals surface area (Å²) in [5.41, 5.74) is 1.82. The van der Waals surface area contributed by atoms with Crippen molar-refractivity contribution in [3.63, 3.8) is 0 Å². The van der Waals surface area contributed by atoms with E-state index in [1.54, 1.807) is 0 Å². The molecule has 0 atom stereocenters. The lowest BCUT2D eigenvalue weighted by atomic mass is 10.1. The Kier molecular flexibility index (Phi) is 3.12. The van der Waals surface area contributed by atoms with Crippen molar-refractivity contribution in [1.82, 2.24) is 5.32 Å². The highest BCUT2D eigenvalue weighted by Crippen LogP contribution is 2.26. The molecule has 2 N–H and O–H groups in total. The minimum atomic E-state index is 0.382. The zero-order valence-corrected chi connectivity index (χ0v) is 8.77. The summed E-state index contributed by atoms with van der Waals surface area (Å²) in [5.74, 6) is 0.382. The van der Waals surface area contributed by atoms with E-state index in [1.807, 2.05) is 26.1 Å². The number of aromatic hydroxyl groups is 1. The molecule has 0 aliphatic carbocycles. The van der Waals surface area contributed by atoms with E-state index in [2.05, 4.69) is 21.2 Å². The lowest BCUT2D eigenvalue weighted by Gasteiger charge is -2.07. The lowest BCUT2D eigenvalue weighted by molar-refractivity contribution is 0.462. The van der Waals surface area contributed by atoms with Gasteiger partial charge in [-0.2, -0.15) is 0 Å². The average molecular weight is 230 g/mol. The van der Waals surface area contributed by atoms with Crippen LogP contribution in [0.5, 0.6) is 5.75 Å². The predicted octanol–water partition coefficient (Wildman–Crippen LogP) is 2.18. The van der Waals surface area contributed by atoms with Crippen LogP contribution in [-0.4, -0.2) is 12.2 Å². The zero-order chi connectivity index (χ0) is 9.14. The van der Waals surface area contributed by atoms with Gasteiger partial charge in [0.15, 0.2) is 0 Å². The molecule has 0 aliphatic rings. The third kappa shape index (κ3) is 1.99. The van der Waals surface area contributed by atoms with Gasteiger partial charge in [0.1, 0.15) is 5.75 Å². The number of phenols is 1. The van der Waals surface area contributed by atoms with Crippen LogP contribution in [0.1, 0.15) is 11.1 Å². The SMILES string of the molecule is CNCc1cc(Br)cc(C)c1O. The van der Waals surface area contributed by atoms with Gasteiger partial charge in [0.05, 0.1) is 0 Å². The van der Waals surface area contributed by atoms with Gasteiger partial charge in [-0.25, -0.2) is 0 Å². The van der Waals surface area contributed by atoms with Crippen LogP contribution >= 0.6 is 15.9 Å². The number of nitrogens with one attached hydrogen (secondary N) is 1. The molecule has 0 aromatic heterocycles. The first-order valence-electron chi connectivity index (χ1n) is 3.77. The lowest BCUT2D eigenvalue weighted by Crippen LogP contribution is -2.05. The van der Waals surface area contributed by atoms with Crippen LogP contribution in [0.15, 0.2) is 16.6 Å². The monoisotopic (exact) mass is 229 g/mol. The predicted molar refractivity (Wildman–Crippen MR) is 53.3 cm³/mol. The van der Waals surface area contributed by atoms with Crippen molar-refractivity contribution in [3.8, 4) is 5.75 Å². The van der Waals surface area contributed by atoms with E-state index in [4.69, 9.17) is 0 Å². The zero-order valence-electron chi connectivity index (χ0n) is 7.19. The Hall–Kier alpha value is -0.540. The summed E-state index contributed by atoms with van der Waals surface area (Å²) < 4.78 is 1.00. The molecule has 0 spiro atoms. The fraction of sp³-hybridized carbons (Fsp3) is 0.333. The number of phenolic OH excluding ortho intramolecular Hbond substituents is 1.